The second-order valence-electron chi connectivity index (χ2n) is 7.69. The Labute approximate surface area is 121 Å². The highest BCUT2D eigenvalue weighted by molar-refractivity contribution is 5.44. The number of hydrogen-bond donors (Lipinski definition) is 2. The molecule has 1 fully saturated rings. The van der Waals surface area contributed by atoms with Gasteiger partial charge in [0.1, 0.15) is 0 Å². The highest BCUT2D eigenvalue weighted by Gasteiger charge is 2.52. The predicted molar refractivity (Wildman–Crippen MR) is 79.1 cm³/mol. The Balaban J connectivity index is 1.71. The van der Waals surface area contributed by atoms with E-state index in [1.807, 2.05) is 0 Å². The molecule has 20 heavy (non-hydrogen) atoms. The first kappa shape index (κ1) is 13.1. The second-order valence-corrected chi connectivity index (χ2v) is 7.69. The number of aliphatic hydroxyl groups is 2. The van der Waals surface area contributed by atoms with Crippen LogP contribution in [0.25, 0.3) is 0 Å². The summed E-state index contributed by atoms with van der Waals surface area (Å²) in [5.41, 5.74) is 4.86. The van der Waals surface area contributed by atoms with Gasteiger partial charge in [0, 0.05) is 5.41 Å². The number of allylic oxidation sites excluding steroid dienone is 3. The van der Waals surface area contributed by atoms with E-state index >= 15 is 0 Å². The van der Waals surface area contributed by atoms with Crippen molar-refractivity contribution in [2.24, 2.45) is 17.3 Å². The number of rotatable bonds is 0. The number of hydrogen-bond acceptors (Lipinski definition) is 2. The van der Waals surface area contributed by atoms with E-state index < -0.39 is 0 Å². The summed E-state index contributed by atoms with van der Waals surface area (Å²) in [7, 11) is 0. The molecule has 0 saturated heterocycles. The maximum absolute atomic E-state index is 10.4. The second kappa shape index (κ2) is 4.45. The Morgan fingerprint density at radius 3 is 2.80 bits per heavy atom. The van der Waals surface area contributed by atoms with Crippen molar-refractivity contribution < 1.29 is 10.2 Å². The lowest BCUT2D eigenvalue weighted by Crippen LogP contribution is -2.40. The molecule has 0 amide bonds. The van der Waals surface area contributed by atoms with Gasteiger partial charge in [-0.2, -0.15) is 0 Å². The van der Waals surface area contributed by atoms with Gasteiger partial charge in [-0.05, 0) is 74.3 Å². The first-order valence-electron chi connectivity index (χ1n) is 8.37. The molecule has 4 aliphatic rings. The molecule has 1 saturated carbocycles. The van der Waals surface area contributed by atoms with Crippen molar-refractivity contribution in [3.8, 4) is 0 Å². The van der Waals surface area contributed by atoms with Crippen LogP contribution in [0.3, 0.4) is 0 Å². The fraction of sp³-hybridized carbons (Fsp3) is 0.778. The fourth-order valence-corrected chi connectivity index (χ4v) is 5.52. The van der Waals surface area contributed by atoms with E-state index in [0.29, 0.717) is 11.8 Å². The minimum Gasteiger partial charge on any atom is -0.393 e. The van der Waals surface area contributed by atoms with E-state index in [1.54, 1.807) is 11.1 Å². The van der Waals surface area contributed by atoms with Crippen LogP contribution in [0.4, 0.5) is 0 Å². The van der Waals surface area contributed by atoms with Crippen LogP contribution in [0, 0.1) is 17.3 Å². The standard InChI is InChI=1S/C18H26O2/c1-18-9-8-14-13-5-3-12(19)10-11(13)2-4-15(14)16(18)6-7-17(18)20/h8,12,15-17,19-20H,2-7,9-10H2,1H3. The Hall–Kier alpha value is -0.600. The third-order valence-electron chi connectivity index (χ3n) is 6.75. The summed E-state index contributed by atoms with van der Waals surface area (Å²) in [5, 5.41) is 20.3. The van der Waals surface area contributed by atoms with Crippen LogP contribution >= 0.6 is 0 Å². The Bertz CT molecular complexity index is 490. The number of aliphatic hydroxyl groups excluding tert-OH is 2. The number of fused-ring (bicyclic) bond motifs is 4. The van der Waals surface area contributed by atoms with Gasteiger partial charge in [0.15, 0.2) is 0 Å². The third-order valence-corrected chi connectivity index (χ3v) is 6.75. The summed E-state index contributed by atoms with van der Waals surface area (Å²) in [6.45, 7) is 2.30. The molecule has 110 valence electrons. The summed E-state index contributed by atoms with van der Waals surface area (Å²) in [6.07, 6.45) is 10.8. The molecule has 0 aliphatic heterocycles. The van der Waals surface area contributed by atoms with Gasteiger partial charge in [-0.3, -0.25) is 0 Å². The van der Waals surface area contributed by atoms with Gasteiger partial charge < -0.3 is 10.2 Å². The molecular formula is C18H26O2. The van der Waals surface area contributed by atoms with Gasteiger partial charge in [0.25, 0.3) is 0 Å². The van der Waals surface area contributed by atoms with Crippen molar-refractivity contribution in [1.82, 2.24) is 0 Å². The van der Waals surface area contributed by atoms with Crippen LogP contribution in [0.2, 0.25) is 0 Å². The smallest absolute Gasteiger partial charge is 0.0599 e. The van der Waals surface area contributed by atoms with E-state index in [4.69, 9.17) is 0 Å². The van der Waals surface area contributed by atoms with Crippen molar-refractivity contribution in [1.29, 1.82) is 0 Å². The lowest BCUT2D eigenvalue weighted by atomic mass is 9.58. The van der Waals surface area contributed by atoms with E-state index in [2.05, 4.69) is 13.0 Å². The van der Waals surface area contributed by atoms with Crippen LogP contribution in [0.15, 0.2) is 22.8 Å². The van der Waals surface area contributed by atoms with E-state index in [1.165, 1.54) is 24.8 Å². The van der Waals surface area contributed by atoms with Crippen molar-refractivity contribution >= 4 is 0 Å². The molecule has 0 radical (unpaired) electrons. The van der Waals surface area contributed by atoms with E-state index in [-0.39, 0.29) is 17.6 Å². The van der Waals surface area contributed by atoms with Gasteiger partial charge in [0.05, 0.1) is 12.2 Å². The zero-order chi connectivity index (χ0) is 13.9. The lowest BCUT2D eigenvalue weighted by molar-refractivity contribution is 0.0199. The van der Waals surface area contributed by atoms with Crippen LogP contribution in [0.5, 0.6) is 0 Å². The highest BCUT2D eigenvalue weighted by atomic mass is 16.3. The minimum absolute atomic E-state index is 0.103. The molecule has 0 bridgehead atoms. The molecule has 4 rings (SSSR count). The van der Waals surface area contributed by atoms with Gasteiger partial charge in [-0.25, -0.2) is 0 Å². The molecule has 4 aliphatic carbocycles. The Morgan fingerprint density at radius 1 is 1.10 bits per heavy atom. The van der Waals surface area contributed by atoms with Gasteiger partial charge in [-0.1, -0.05) is 18.6 Å². The molecule has 5 unspecified atom stereocenters. The van der Waals surface area contributed by atoms with E-state index in [0.717, 1.165) is 32.1 Å². The molecule has 0 aromatic heterocycles. The molecule has 5 atom stereocenters. The lowest BCUT2D eigenvalue weighted by Gasteiger charge is -2.47. The third kappa shape index (κ3) is 1.70. The van der Waals surface area contributed by atoms with Gasteiger partial charge in [-0.15, -0.1) is 0 Å². The summed E-state index contributed by atoms with van der Waals surface area (Å²) in [6, 6.07) is 0. The Morgan fingerprint density at radius 2 is 1.95 bits per heavy atom. The normalized spacial score (nSPS) is 47.5. The molecule has 0 aromatic carbocycles. The molecule has 2 N–H and O–H groups in total. The molecular weight excluding hydrogens is 248 g/mol. The summed E-state index contributed by atoms with van der Waals surface area (Å²) in [4.78, 5) is 0. The molecule has 2 heteroatoms. The predicted octanol–water partition coefficient (Wildman–Crippen LogP) is 3.35. The van der Waals surface area contributed by atoms with E-state index in [9.17, 15) is 10.2 Å². The molecule has 0 spiro atoms. The largest absolute Gasteiger partial charge is 0.393 e. The van der Waals surface area contributed by atoms with Crippen molar-refractivity contribution in [3.05, 3.63) is 22.8 Å². The minimum atomic E-state index is -0.104. The fourth-order valence-electron chi connectivity index (χ4n) is 5.52. The van der Waals surface area contributed by atoms with Crippen LogP contribution in [-0.4, -0.2) is 22.4 Å². The van der Waals surface area contributed by atoms with Crippen molar-refractivity contribution in [2.75, 3.05) is 0 Å². The summed E-state index contributed by atoms with van der Waals surface area (Å²) < 4.78 is 0. The molecule has 0 aromatic rings. The van der Waals surface area contributed by atoms with Crippen LogP contribution in [0.1, 0.15) is 58.3 Å². The first-order chi connectivity index (χ1) is 9.59. The summed E-state index contributed by atoms with van der Waals surface area (Å²) >= 11 is 0. The van der Waals surface area contributed by atoms with Crippen LogP contribution < -0.4 is 0 Å². The zero-order valence-corrected chi connectivity index (χ0v) is 12.4. The maximum Gasteiger partial charge on any atom is 0.0599 e. The highest BCUT2D eigenvalue weighted by Crippen LogP contribution is 2.58. The van der Waals surface area contributed by atoms with Gasteiger partial charge in [0.2, 0.25) is 0 Å². The first-order valence-corrected chi connectivity index (χ1v) is 8.37. The summed E-state index contributed by atoms with van der Waals surface area (Å²) in [5.74, 6) is 1.36. The monoisotopic (exact) mass is 274 g/mol. The van der Waals surface area contributed by atoms with Crippen molar-refractivity contribution in [3.63, 3.8) is 0 Å². The topological polar surface area (TPSA) is 40.5 Å². The Kier molecular flexibility index (Phi) is 2.91. The molecule has 0 heterocycles. The average Bonchev–Trinajstić information content (AvgIpc) is 2.74. The van der Waals surface area contributed by atoms with Crippen LogP contribution in [-0.2, 0) is 0 Å². The van der Waals surface area contributed by atoms with Gasteiger partial charge >= 0.3 is 0 Å². The quantitative estimate of drug-likeness (QED) is 0.711. The maximum atomic E-state index is 10.4. The zero-order valence-electron chi connectivity index (χ0n) is 12.4. The average molecular weight is 274 g/mol. The SMILES string of the molecule is CC12CC=C3C4=C(CCC3C1CCC2O)CC(O)CC4. The van der Waals surface area contributed by atoms with Crippen molar-refractivity contribution in [2.45, 2.75) is 70.5 Å². The molecule has 2 nitrogen and oxygen atoms in total.